The molecule has 0 aliphatic heterocycles. The normalized spacial score (nSPS) is 11.8. The van der Waals surface area contributed by atoms with Gasteiger partial charge in [-0.05, 0) is 19.8 Å². The second-order valence-electron chi connectivity index (χ2n) is 4.53. The SMILES string of the molecule is CCNc1nc(NCCCCC(F)(F)F)c2[nH]cnc2n1. The molecule has 6 nitrogen and oxygen atoms in total. The molecule has 0 unspecified atom stereocenters. The molecule has 0 radical (unpaired) electrons. The Morgan fingerprint density at radius 3 is 2.71 bits per heavy atom. The maximum absolute atomic E-state index is 12.0. The van der Waals surface area contributed by atoms with Crippen LogP contribution in [0.25, 0.3) is 11.2 Å². The number of fused-ring (bicyclic) bond motifs is 1. The Morgan fingerprint density at radius 1 is 1.19 bits per heavy atom. The molecule has 2 aromatic rings. The Kier molecular flexibility index (Phi) is 4.81. The van der Waals surface area contributed by atoms with Gasteiger partial charge in [-0.1, -0.05) is 0 Å². The van der Waals surface area contributed by atoms with Crippen LogP contribution in [0.15, 0.2) is 6.33 Å². The minimum Gasteiger partial charge on any atom is -0.368 e. The number of nitrogens with zero attached hydrogens (tertiary/aromatic N) is 3. The van der Waals surface area contributed by atoms with Gasteiger partial charge in [0.2, 0.25) is 5.95 Å². The summed E-state index contributed by atoms with van der Waals surface area (Å²) in [6.45, 7) is 3.00. The number of aromatic amines is 1. The number of hydrogen-bond donors (Lipinski definition) is 3. The summed E-state index contributed by atoms with van der Waals surface area (Å²) in [5.41, 5.74) is 1.16. The quantitative estimate of drug-likeness (QED) is 0.685. The number of alkyl halides is 3. The molecular formula is C12H17F3N6. The highest BCUT2D eigenvalue weighted by Crippen LogP contribution is 2.22. The zero-order chi connectivity index (χ0) is 15.3. The van der Waals surface area contributed by atoms with Crippen molar-refractivity contribution in [1.29, 1.82) is 0 Å². The van der Waals surface area contributed by atoms with Gasteiger partial charge in [0.05, 0.1) is 6.33 Å². The van der Waals surface area contributed by atoms with Gasteiger partial charge >= 0.3 is 6.18 Å². The van der Waals surface area contributed by atoms with E-state index >= 15 is 0 Å². The molecule has 0 amide bonds. The van der Waals surface area contributed by atoms with Crippen molar-refractivity contribution in [2.45, 2.75) is 32.4 Å². The van der Waals surface area contributed by atoms with Gasteiger partial charge in [0, 0.05) is 19.5 Å². The van der Waals surface area contributed by atoms with Gasteiger partial charge < -0.3 is 15.6 Å². The van der Waals surface area contributed by atoms with Crippen molar-refractivity contribution in [3.05, 3.63) is 6.33 Å². The summed E-state index contributed by atoms with van der Waals surface area (Å²) in [7, 11) is 0. The Labute approximate surface area is 119 Å². The Morgan fingerprint density at radius 2 is 2.00 bits per heavy atom. The van der Waals surface area contributed by atoms with E-state index in [1.807, 2.05) is 6.92 Å². The van der Waals surface area contributed by atoms with Crippen LogP contribution < -0.4 is 10.6 Å². The lowest BCUT2D eigenvalue weighted by Gasteiger charge is -2.09. The monoisotopic (exact) mass is 302 g/mol. The van der Waals surface area contributed by atoms with Crippen molar-refractivity contribution < 1.29 is 13.2 Å². The van der Waals surface area contributed by atoms with Crippen LogP contribution in [-0.4, -0.2) is 39.2 Å². The van der Waals surface area contributed by atoms with Crippen LogP contribution in [0.1, 0.15) is 26.2 Å². The van der Waals surface area contributed by atoms with Crippen LogP contribution in [-0.2, 0) is 0 Å². The third kappa shape index (κ3) is 4.47. The highest BCUT2D eigenvalue weighted by Gasteiger charge is 2.25. The molecule has 116 valence electrons. The largest absolute Gasteiger partial charge is 0.389 e. The van der Waals surface area contributed by atoms with Crippen LogP contribution >= 0.6 is 0 Å². The minimum absolute atomic E-state index is 0.0910. The van der Waals surface area contributed by atoms with Gasteiger partial charge in [-0.2, -0.15) is 23.1 Å². The average Bonchev–Trinajstić information content (AvgIpc) is 2.85. The first-order valence-corrected chi connectivity index (χ1v) is 6.75. The second-order valence-corrected chi connectivity index (χ2v) is 4.53. The number of anilines is 2. The number of unbranched alkanes of at least 4 members (excludes halogenated alkanes) is 1. The van der Waals surface area contributed by atoms with Gasteiger partial charge in [-0.15, -0.1) is 0 Å². The van der Waals surface area contributed by atoms with Gasteiger partial charge in [0.1, 0.15) is 5.52 Å². The van der Waals surface area contributed by atoms with Crippen molar-refractivity contribution in [3.8, 4) is 0 Å². The van der Waals surface area contributed by atoms with Crippen molar-refractivity contribution in [1.82, 2.24) is 19.9 Å². The summed E-state index contributed by atoms with van der Waals surface area (Å²) in [5.74, 6) is 0.982. The average molecular weight is 302 g/mol. The van der Waals surface area contributed by atoms with E-state index in [4.69, 9.17) is 0 Å². The number of H-pyrrole nitrogens is 1. The fourth-order valence-corrected chi connectivity index (χ4v) is 1.86. The van der Waals surface area contributed by atoms with Crippen LogP contribution in [0, 0.1) is 0 Å². The molecule has 3 N–H and O–H groups in total. The second kappa shape index (κ2) is 6.59. The van der Waals surface area contributed by atoms with E-state index in [0.717, 1.165) is 0 Å². The summed E-state index contributed by atoms with van der Waals surface area (Å²) in [6.07, 6.45) is -2.85. The standard InChI is InChI=1S/C12H17F3N6/c1-2-16-11-20-9(8-10(21-11)19-7-18-8)17-6-4-3-5-12(13,14)15/h7H,2-6H2,1H3,(H3,16,17,18,19,20,21). The molecule has 0 spiro atoms. The Hall–Kier alpha value is -2.06. The van der Waals surface area contributed by atoms with Crippen LogP contribution in [0.4, 0.5) is 24.9 Å². The third-order valence-corrected chi connectivity index (χ3v) is 2.80. The number of imidazole rings is 1. The number of aromatic nitrogens is 4. The van der Waals surface area contributed by atoms with Crippen molar-refractivity contribution in [2.24, 2.45) is 0 Å². The summed E-state index contributed by atoms with van der Waals surface area (Å²) >= 11 is 0. The molecule has 21 heavy (non-hydrogen) atoms. The molecule has 0 fully saturated rings. The molecule has 0 bridgehead atoms. The highest BCUT2D eigenvalue weighted by atomic mass is 19.4. The Balaban J connectivity index is 1.95. The first kappa shape index (κ1) is 15.3. The minimum atomic E-state index is -4.09. The fraction of sp³-hybridized carbons (Fsp3) is 0.583. The highest BCUT2D eigenvalue weighted by molar-refractivity contribution is 5.83. The van der Waals surface area contributed by atoms with E-state index in [2.05, 4.69) is 30.6 Å². The first-order valence-electron chi connectivity index (χ1n) is 6.75. The topological polar surface area (TPSA) is 78.5 Å². The molecule has 0 aliphatic carbocycles. The van der Waals surface area contributed by atoms with Gasteiger partial charge in [-0.3, -0.25) is 0 Å². The molecule has 0 aromatic carbocycles. The van der Waals surface area contributed by atoms with Crippen molar-refractivity contribution in [2.75, 3.05) is 23.7 Å². The predicted molar refractivity (Wildman–Crippen MR) is 74.2 cm³/mol. The summed E-state index contributed by atoms with van der Waals surface area (Å²) in [5, 5.41) is 6.02. The number of hydrogen-bond acceptors (Lipinski definition) is 5. The van der Waals surface area contributed by atoms with E-state index in [9.17, 15) is 13.2 Å². The van der Waals surface area contributed by atoms with Crippen molar-refractivity contribution in [3.63, 3.8) is 0 Å². The molecule has 0 aliphatic rings. The van der Waals surface area contributed by atoms with Crippen molar-refractivity contribution >= 4 is 22.9 Å². The van der Waals surface area contributed by atoms with Crippen LogP contribution in [0.3, 0.4) is 0 Å². The third-order valence-electron chi connectivity index (χ3n) is 2.80. The van der Waals surface area contributed by atoms with E-state index in [-0.39, 0.29) is 6.42 Å². The lowest BCUT2D eigenvalue weighted by Crippen LogP contribution is -2.10. The Bertz CT molecular complexity index is 580. The van der Waals surface area contributed by atoms with E-state index in [0.29, 0.717) is 42.4 Å². The molecule has 2 rings (SSSR count). The fourth-order valence-electron chi connectivity index (χ4n) is 1.86. The summed E-state index contributed by atoms with van der Waals surface area (Å²) < 4.78 is 36.1. The molecule has 2 aromatic heterocycles. The molecule has 9 heteroatoms. The maximum Gasteiger partial charge on any atom is 0.389 e. The lowest BCUT2D eigenvalue weighted by atomic mass is 10.2. The predicted octanol–water partition coefficient (Wildman–Crippen LogP) is 2.93. The van der Waals surface area contributed by atoms with Gasteiger partial charge in [0.25, 0.3) is 0 Å². The zero-order valence-corrected chi connectivity index (χ0v) is 11.6. The molecular weight excluding hydrogens is 285 g/mol. The maximum atomic E-state index is 12.0. The molecule has 0 atom stereocenters. The summed E-state index contributed by atoms with van der Waals surface area (Å²) in [6, 6.07) is 0. The van der Waals surface area contributed by atoms with Crippen LogP contribution in [0.2, 0.25) is 0 Å². The molecule has 0 saturated carbocycles. The molecule has 0 saturated heterocycles. The van der Waals surface area contributed by atoms with E-state index in [1.165, 1.54) is 6.33 Å². The van der Waals surface area contributed by atoms with Gasteiger partial charge in [-0.25, -0.2) is 4.98 Å². The molecule has 2 heterocycles. The smallest absolute Gasteiger partial charge is 0.368 e. The summed E-state index contributed by atoms with van der Waals surface area (Å²) in [4.78, 5) is 15.5. The van der Waals surface area contributed by atoms with Gasteiger partial charge in [0.15, 0.2) is 11.5 Å². The number of halogens is 3. The van der Waals surface area contributed by atoms with E-state index < -0.39 is 12.6 Å². The number of nitrogens with one attached hydrogen (secondary N) is 3. The zero-order valence-electron chi connectivity index (χ0n) is 11.6. The first-order chi connectivity index (χ1) is 9.99. The number of rotatable bonds is 7. The lowest BCUT2D eigenvalue weighted by molar-refractivity contribution is -0.135. The van der Waals surface area contributed by atoms with E-state index in [1.54, 1.807) is 0 Å². The van der Waals surface area contributed by atoms with Crippen LogP contribution in [0.5, 0.6) is 0 Å².